The topological polar surface area (TPSA) is 26.0 Å². The van der Waals surface area contributed by atoms with Crippen molar-refractivity contribution in [3.63, 3.8) is 0 Å². The third-order valence-corrected chi connectivity index (χ3v) is 1.64. The molecule has 1 nitrogen and oxygen atoms in total. The van der Waals surface area contributed by atoms with Crippen molar-refractivity contribution in [3.8, 4) is 0 Å². The maximum atomic E-state index is 13.0. The van der Waals surface area contributed by atoms with E-state index in [2.05, 4.69) is 0 Å². The van der Waals surface area contributed by atoms with Gasteiger partial charge in [-0.05, 0) is 18.6 Å². The van der Waals surface area contributed by atoms with E-state index < -0.39 is 0 Å². The Morgan fingerprint density at radius 1 is 1.55 bits per heavy atom. The van der Waals surface area contributed by atoms with Crippen LogP contribution in [-0.2, 0) is 6.54 Å². The molecule has 11 heavy (non-hydrogen) atoms. The predicted octanol–water partition coefficient (Wildman–Crippen LogP) is 0.387. The molecule has 0 saturated heterocycles. The van der Waals surface area contributed by atoms with Crippen LogP contribution in [0.2, 0.25) is 0 Å². The number of rotatable bonds is 1. The summed E-state index contributed by atoms with van der Waals surface area (Å²) in [5.41, 5.74) is 7.11. The molecule has 1 aromatic carbocycles. The van der Waals surface area contributed by atoms with Crippen LogP contribution in [0.5, 0.6) is 0 Å². The molecule has 2 N–H and O–H groups in total. The number of hydrogen-bond donors (Lipinski definition) is 1. The summed E-state index contributed by atoms with van der Waals surface area (Å²) in [5.74, 6) is -0.315. The second-order valence-electron chi connectivity index (χ2n) is 2.50. The van der Waals surface area contributed by atoms with Crippen LogP contribution in [0.25, 0.3) is 0 Å². The molecular formula is C8H9BFN. The van der Waals surface area contributed by atoms with Crippen molar-refractivity contribution < 1.29 is 4.39 Å². The van der Waals surface area contributed by atoms with E-state index in [0.717, 1.165) is 5.56 Å². The third-order valence-electron chi connectivity index (χ3n) is 1.64. The summed E-state index contributed by atoms with van der Waals surface area (Å²) in [6, 6.07) is 3.00. The van der Waals surface area contributed by atoms with Crippen LogP contribution in [0.15, 0.2) is 12.1 Å². The minimum Gasteiger partial charge on any atom is -0.326 e. The maximum absolute atomic E-state index is 13.0. The van der Waals surface area contributed by atoms with E-state index in [0.29, 0.717) is 11.0 Å². The van der Waals surface area contributed by atoms with Gasteiger partial charge >= 0.3 is 0 Å². The van der Waals surface area contributed by atoms with Crippen molar-refractivity contribution in [2.75, 3.05) is 0 Å². The number of halogens is 1. The molecule has 0 saturated carbocycles. The first-order valence-corrected chi connectivity index (χ1v) is 3.39. The van der Waals surface area contributed by atoms with E-state index in [1.54, 1.807) is 13.0 Å². The van der Waals surface area contributed by atoms with E-state index in [1.807, 2.05) is 0 Å². The number of nitrogens with two attached hydrogens (primary N) is 1. The van der Waals surface area contributed by atoms with Gasteiger partial charge in [0, 0.05) is 12.1 Å². The second kappa shape index (κ2) is 3.05. The lowest BCUT2D eigenvalue weighted by atomic mass is 9.92. The van der Waals surface area contributed by atoms with E-state index in [9.17, 15) is 4.39 Å². The molecule has 56 valence electrons. The fourth-order valence-corrected chi connectivity index (χ4v) is 1.06. The van der Waals surface area contributed by atoms with Crippen LogP contribution in [0.3, 0.4) is 0 Å². The molecular weight excluding hydrogens is 140 g/mol. The monoisotopic (exact) mass is 149 g/mol. The standard InChI is InChI=1S/C8H9BFN/c1-5-2-6(9)3-8(10)7(5)4-11/h2-3H,4,11H2,1H3. The Kier molecular flexibility index (Phi) is 2.30. The summed E-state index contributed by atoms with van der Waals surface area (Å²) in [4.78, 5) is 0. The SMILES string of the molecule is [B]c1cc(C)c(CN)c(F)c1. The normalized spacial score (nSPS) is 10.1. The molecule has 0 aliphatic heterocycles. The lowest BCUT2D eigenvalue weighted by molar-refractivity contribution is 0.610. The van der Waals surface area contributed by atoms with E-state index in [1.165, 1.54) is 6.07 Å². The van der Waals surface area contributed by atoms with Crippen molar-refractivity contribution in [2.45, 2.75) is 13.5 Å². The summed E-state index contributed by atoms with van der Waals surface area (Å²) in [7, 11) is 5.40. The quantitative estimate of drug-likeness (QED) is 0.574. The van der Waals surface area contributed by atoms with Crippen molar-refractivity contribution in [2.24, 2.45) is 5.73 Å². The van der Waals surface area contributed by atoms with Crippen LogP contribution in [0.4, 0.5) is 4.39 Å². The first kappa shape index (κ1) is 8.27. The Labute approximate surface area is 66.8 Å². The third kappa shape index (κ3) is 1.60. The van der Waals surface area contributed by atoms with Crippen LogP contribution >= 0.6 is 0 Å². The highest BCUT2D eigenvalue weighted by Crippen LogP contribution is 2.09. The van der Waals surface area contributed by atoms with Crippen LogP contribution in [0.1, 0.15) is 11.1 Å². The summed E-state index contributed by atoms with van der Waals surface area (Å²) >= 11 is 0. The summed E-state index contributed by atoms with van der Waals surface area (Å²) < 4.78 is 13.0. The van der Waals surface area contributed by atoms with Gasteiger partial charge in [-0.25, -0.2) is 4.39 Å². The molecule has 0 heterocycles. The Morgan fingerprint density at radius 3 is 2.64 bits per heavy atom. The van der Waals surface area contributed by atoms with Crippen molar-refractivity contribution in [1.29, 1.82) is 0 Å². The van der Waals surface area contributed by atoms with Gasteiger partial charge in [-0.2, -0.15) is 0 Å². The number of hydrogen-bond acceptors (Lipinski definition) is 1. The molecule has 0 spiro atoms. The average molecular weight is 149 g/mol. The Morgan fingerprint density at radius 2 is 2.18 bits per heavy atom. The molecule has 0 amide bonds. The average Bonchev–Trinajstić information content (AvgIpc) is 1.85. The fraction of sp³-hybridized carbons (Fsp3) is 0.250. The Bertz CT molecular complexity index is 250. The minimum absolute atomic E-state index is 0.220. The van der Waals surface area contributed by atoms with Crippen molar-refractivity contribution in [1.82, 2.24) is 0 Å². The van der Waals surface area contributed by atoms with Gasteiger partial charge in [0.15, 0.2) is 0 Å². The van der Waals surface area contributed by atoms with Gasteiger partial charge in [0.25, 0.3) is 0 Å². The highest BCUT2D eigenvalue weighted by atomic mass is 19.1. The van der Waals surface area contributed by atoms with E-state index in [-0.39, 0.29) is 12.4 Å². The molecule has 0 aromatic heterocycles. The first-order chi connectivity index (χ1) is 5.15. The molecule has 0 bridgehead atoms. The number of benzene rings is 1. The molecule has 0 fully saturated rings. The lowest BCUT2D eigenvalue weighted by Crippen LogP contribution is -2.10. The zero-order valence-corrected chi connectivity index (χ0v) is 6.39. The highest BCUT2D eigenvalue weighted by Gasteiger charge is 2.03. The van der Waals surface area contributed by atoms with Gasteiger partial charge in [0.2, 0.25) is 0 Å². The summed E-state index contributed by atoms with van der Waals surface area (Å²) in [6.07, 6.45) is 0. The van der Waals surface area contributed by atoms with Gasteiger partial charge in [-0.3, -0.25) is 0 Å². The minimum atomic E-state index is -0.315. The summed E-state index contributed by atoms with van der Waals surface area (Å²) in [5, 5.41) is 0. The molecule has 0 unspecified atom stereocenters. The molecule has 1 rings (SSSR count). The lowest BCUT2D eigenvalue weighted by Gasteiger charge is -2.05. The Balaban J connectivity index is 3.25. The molecule has 0 atom stereocenters. The van der Waals surface area contributed by atoms with Gasteiger partial charge in [-0.15, -0.1) is 0 Å². The van der Waals surface area contributed by atoms with Crippen molar-refractivity contribution >= 4 is 13.3 Å². The van der Waals surface area contributed by atoms with Gasteiger partial charge in [0.1, 0.15) is 13.7 Å². The number of aryl methyl sites for hydroxylation is 1. The second-order valence-corrected chi connectivity index (χ2v) is 2.50. The van der Waals surface area contributed by atoms with Crippen LogP contribution in [0, 0.1) is 12.7 Å². The Hall–Kier alpha value is -0.825. The zero-order chi connectivity index (χ0) is 8.43. The molecule has 3 heteroatoms. The molecule has 0 aliphatic carbocycles. The fourth-order valence-electron chi connectivity index (χ4n) is 1.06. The molecule has 2 radical (unpaired) electrons. The van der Waals surface area contributed by atoms with E-state index in [4.69, 9.17) is 13.6 Å². The maximum Gasteiger partial charge on any atom is 0.127 e. The largest absolute Gasteiger partial charge is 0.326 e. The van der Waals surface area contributed by atoms with Gasteiger partial charge < -0.3 is 5.73 Å². The summed E-state index contributed by atoms with van der Waals surface area (Å²) in [6.45, 7) is 2.01. The predicted molar refractivity (Wildman–Crippen MR) is 44.4 cm³/mol. The van der Waals surface area contributed by atoms with Crippen LogP contribution in [-0.4, -0.2) is 7.85 Å². The zero-order valence-electron chi connectivity index (χ0n) is 6.39. The first-order valence-electron chi connectivity index (χ1n) is 3.39. The highest BCUT2D eigenvalue weighted by molar-refractivity contribution is 6.32. The van der Waals surface area contributed by atoms with Gasteiger partial charge in [-0.1, -0.05) is 11.5 Å². The van der Waals surface area contributed by atoms with Crippen LogP contribution < -0.4 is 11.2 Å². The molecule has 1 aromatic rings. The smallest absolute Gasteiger partial charge is 0.127 e. The van der Waals surface area contributed by atoms with E-state index >= 15 is 0 Å². The van der Waals surface area contributed by atoms with Gasteiger partial charge in [0.05, 0.1) is 0 Å². The van der Waals surface area contributed by atoms with Crippen molar-refractivity contribution in [3.05, 3.63) is 29.1 Å². The molecule has 0 aliphatic rings.